The highest BCUT2D eigenvalue weighted by Crippen LogP contribution is 2.40. The first-order valence-corrected chi connectivity index (χ1v) is 11.1. The van der Waals surface area contributed by atoms with Crippen molar-refractivity contribution in [2.24, 2.45) is 0 Å². The number of anilines is 1. The predicted octanol–water partition coefficient (Wildman–Crippen LogP) is 4.62. The molecule has 9 heteroatoms. The molecule has 0 saturated carbocycles. The first-order chi connectivity index (χ1) is 17.9. The van der Waals surface area contributed by atoms with E-state index in [4.69, 9.17) is 28.4 Å². The van der Waals surface area contributed by atoms with E-state index < -0.39 is 5.91 Å². The number of benzene rings is 3. The molecular weight excluding hydrogens is 478 g/mol. The van der Waals surface area contributed by atoms with Crippen LogP contribution in [0.3, 0.4) is 0 Å². The van der Waals surface area contributed by atoms with Gasteiger partial charge >= 0.3 is 0 Å². The fraction of sp³-hybridized carbons (Fsp3) is 0.214. The number of hydrogen-bond acceptors (Lipinski definition) is 8. The lowest BCUT2D eigenvalue weighted by atomic mass is 10.0. The Morgan fingerprint density at radius 1 is 0.676 bits per heavy atom. The Kier molecular flexibility index (Phi) is 8.99. The van der Waals surface area contributed by atoms with Gasteiger partial charge < -0.3 is 33.7 Å². The van der Waals surface area contributed by atoms with Crippen LogP contribution in [0.5, 0.6) is 34.5 Å². The third-order valence-corrected chi connectivity index (χ3v) is 5.45. The number of ketones is 1. The molecule has 0 aliphatic carbocycles. The monoisotopic (exact) mass is 507 g/mol. The first kappa shape index (κ1) is 26.9. The molecule has 0 aliphatic rings. The molecule has 0 aromatic heterocycles. The number of amides is 1. The molecule has 0 aliphatic heterocycles. The van der Waals surface area contributed by atoms with Gasteiger partial charge in [-0.2, -0.15) is 0 Å². The normalized spacial score (nSPS) is 10.5. The van der Waals surface area contributed by atoms with Crippen LogP contribution in [-0.2, 0) is 4.79 Å². The van der Waals surface area contributed by atoms with Crippen molar-refractivity contribution >= 4 is 23.5 Å². The van der Waals surface area contributed by atoms with Crippen LogP contribution in [0.4, 0.5) is 5.69 Å². The van der Waals surface area contributed by atoms with Crippen LogP contribution in [0.15, 0.2) is 54.6 Å². The summed E-state index contributed by atoms with van der Waals surface area (Å²) < 4.78 is 32.2. The smallest absolute Gasteiger partial charge is 0.248 e. The lowest BCUT2D eigenvalue weighted by Crippen LogP contribution is -2.11. The van der Waals surface area contributed by atoms with Crippen LogP contribution >= 0.6 is 0 Å². The van der Waals surface area contributed by atoms with Crippen molar-refractivity contribution in [2.75, 3.05) is 48.0 Å². The van der Waals surface area contributed by atoms with Crippen LogP contribution in [-0.4, -0.2) is 54.3 Å². The highest BCUT2D eigenvalue weighted by Gasteiger charge is 2.22. The molecule has 3 aromatic carbocycles. The Morgan fingerprint density at radius 2 is 1.24 bits per heavy atom. The summed E-state index contributed by atoms with van der Waals surface area (Å²) in [5.74, 6) is 1.46. The highest BCUT2D eigenvalue weighted by atomic mass is 16.5. The van der Waals surface area contributed by atoms with Crippen LogP contribution < -0.4 is 33.7 Å². The summed E-state index contributed by atoms with van der Waals surface area (Å²) >= 11 is 0. The highest BCUT2D eigenvalue weighted by molar-refractivity contribution is 6.11. The summed E-state index contributed by atoms with van der Waals surface area (Å²) in [4.78, 5) is 26.2. The summed E-state index contributed by atoms with van der Waals surface area (Å²) in [7, 11) is 8.87. The van der Waals surface area contributed by atoms with Crippen molar-refractivity contribution in [1.29, 1.82) is 0 Å². The second kappa shape index (κ2) is 12.3. The van der Waals surface area contributed by atoms with E-state index in [-0.39, 0.29) is 34.1 Å². The first-order valence-electron chi connectivity index (χ1n) is 11.1. The fourth-order valence-electron chi connectivity index (χ4n) is 3.66. The van der Waals surface area contributed by atoms with Gasteiger partial charge in [0.15, 0.2) is 28.8 Å². The van der Waals surface area contributed by atoms with Gasteiger partial charge in [-0.25, -0.2) is 0 Å². The SMILES string of the molecule is COc1cccc(/C=C/C(=O)Nc2cc(C(=O)c3cc(OC)c(OC)c(OC)c3)cc(OC)c2OC)c1. The number of rotatable bonds is 11. The Bertz CT molecular complexity index is 1290. The van der Waals surface area contributed by atoms with E-state index in [1.54, 1.807) is 31.4 Å². The van der Waals surface area contributed by atoms with Gasteiger partial charge in [0.1, 0.15) is 5.75 Å². The number of methoxy groups -OCH3 is 6. The molecule has 0 unspecified atom stereocenters. The third kappa shape index (κ3) is 6.13. The predicted molar refractivity (Wildman–Crippen MR) is 140 cm³/mol. The van der Waals surface area contributed by atoms with Crippen LogP contribution in [0.2, 0.25) is 0 Å². The molecule has 194 valence electrons. The second-order valence-corrected chi connectivity index (χ2v) is 7.60. The van der Waals surface area contributed by atoms with Gasteiger partial charge in [-0.15, -0.1) is 0 Å². The van der Waals surface area contributed by atoms with Gasteiger partial charge in [0.2, 0.25) is 11.7 Å². The molecule has 0 bridgehead atoms. The third-order valence-electron chi connectivity index (χ3n) is 5.45. The zero-order valence-corrected chi connectivity index (χ0v) is 21.5. The summed E-state index contributed by atoms with van der Waals surface area (Å²) in [6.07, 6.45) is 3.01. The number of carbonyl (C=O) groups is 2. The lowest BCUT2D eigenvalue weighted by Gasteiger charge is -2.16. The minimum Gasteiger partial charge on any atom is -0.497 e. The van der Waals surface area contributed by atoms with Gasteiger partial charge in [0.25, 0.3) is 0 Å². The number of ether oxygens (including phenoxy) is 6. The molecule has 9 nitrogen and oxygen atoms in total. The molecule has 37 heavy (non-hydrogen) atoms. The van der Waals surface area contributed by atoms with E-state index in [9.17, 15) is 9.59 Å². The minimum absolute atomic E-state index is 0.249. The zero-order chi connectivity index (χ0) is 26.9. The van der Waals surface area contributed by atoms with Crippen molar-refractivity contribution in [3.8, 4) is 34.5 Å². The van der Waals surface area contributed by atoms with Gasteiger partial charge in [0, 0.05) is 17.2 Å². The molecule has 3 rings (SSSR count). The van der Waals surface area contributed by atoms with Crippen molar-refractivity contribution in [3.05, 3.63) is 71.3 Å². The van der Waals surface area contributed by atoms with E-state index in [1.807, 2.05) is 18.2 Å². The molecule has 1 N–H and O–H groups in total. The van der Waals surface area contributed by atoms with E-state index >= 15 is 0 Å². The standard InChI is InChI=1S/C28H29NO8/c1-32-20-9-7-8-17(12-20)10-11-25(30)29-21-13-18(14-22(33-2)27(21)36-5)26(31)19-15-23(34-3)28(37-6)24(16-19)35-4/h7-16H,1-6H3,(H,29,30)/b11-10+. The summed E-state index contributed by atoms with van der Waals surface area (Å²) in [5, 5.41) is 2.76. The molecule has 0 saturated heterocycles. The van der Waals surface area contributed by atoms with Crippen LogP contribution in [0.25, 0.3) is 6.08 Å². The fourth-order valence-corrected chi connectivity index (χ4v) is 3.66. The average Bonchev–Trinajstić information content (AvgIpc) is 2.94. The molecule has 0 spiro atoms. The topological polar surface area (TPSA) is 102 Å². The van der Waals surface area contributed by atoms with Gasteiger partial charge in [0.05, 0.1) is 48.3 Å². The van der Waals surface area contributed by atoms with Gasteiger partial charge in [-0.3, -0.25) is 9.59 Å². The number of carbonyl (C=O) groups excluding carboxylic acids is 2. The molecule has 0 heterocycles. The molecule has 0 fully saturated rings. The maximum absolute atomic E-state index is 13.5. The van der Waals surface area contributed by atoms with Crippen molar-refractivity contribution in [2.45, 2.75) is 0 Å². The molecule has 0 atom stereocenters. The maximum Gasteiger partial charge on any atom is 0.248 e. The summed E-state index contributed by atoms with van der Waals surface area (Å²) in [6.45, 7) is 0. The second-order valence-electron chi connectivity index (χ2n) is 7.60. The van der Waals surface area contributed by atoms with Crippen LogP contribution in [0.1, 0.15) is 21.5 Å². The molecule has 3 aromatic rings. The Labute approximate surface area is 215 Å². The lowest BCUT2D eigenvalue weighted by molar-refractivity contribution is -0.111. The zero-order valence-electron chi connectivity index (χ0n) is 21.5. The van der Waals surface area contributed by atoms with Crippen molar-refractivity contribution in [1.82, 2.24) is 0 Å². The van der Waals surface area contributed by atoms with E-state index in [0.29, 0.717) is 23.0 Å². The van der Waals surface area contributed by atoms with E-state index in [2.05, 4.69) is 5.32 Å². The Hall–Kier alpha value is -4.66. The summed E-state index contributed by atoms with van der Waals surface area (Å²) in [5.41, 5.74) is 1.58. The summed E-state index contributed by atoms with van der Waals surface area (Å²) in [6, 6.07) is 13.4. The van der Waals surface area contributed by atoms with Crippen LogP contribution in [0, 0.1) is 0 Å². The van der Waals surface area contributed by atoms with E-state index in [0.717, 1.165) is 5.56 Å². The largest absolute Gasteiger partial charge is 0.497 e. The molecular formula is C28H29NO8. The maximum atomic E-state index is 13.5. The number of nitrogens with one attached hydrogen (secondary N) is 1. The average molecular weight is 508 g/mol. The van der Waals surface area contributed by atoms with Crippen molar-refractivity contribution in [3.63, 3.8) is 0 Å². The van der Waals surface area contributed by atoms with Crippen molar-refractivity contribution < 1.29 is 38.0 Å². The minimum atomic E-state index is -0.430. The Morgan fingerprint density at radius 3 is 1.78 bits per heavy atom. The number of hydrogen-bond donors (Lipinski definition) is 1. The van der Waals surface area contributed by atoms with Gasteiger partial charge in [-0.05, 0) is 48.0 Å². The van der Waals surface area contributed by atoms with Gasteiger partial charge in [-0.1, -0.05) is 12.1 Å². The quantitative estimate of drug-likeness (QED) is 0.296. The Balaban J connectivity index is 1.97. The molecule has 0 radical (unpaired) electrons. The molecule has 1 amide bonds. The van der Waals surface area contributed by atoms with E-state index in [1.165, 1.54) is 53.8 Å².